The Morgan fingerprint density at radius 2 is 1.64 bits per heavy atom. The maximum Gasteiger partial charge on any atom is 0.341 e. The molecule has 1 amide bonds. The summed E-state index contributed by atoms with van der Waals surface area (Å²) in [6.07, 6.45) is 0. The number of esters is 1. The van der Waals surface area contributed by atoms with Crippen molar-refractivity contribution in [1.82, 2.24) is 4.31 Å². The Morgan fingerprint density at radius 3 is 2.36 bits per heavy atom. The van der Waals surface area contributed by atoms with E-state index in [-0.39, 0.29) is 34.9 Å². The lowest BCUT2D eigenvalue weighted by Crippen LogP contribution is -2.33. The Hall–Kier alpha value is -3.39. The van der Waals surface area contributed by atoms with Gasteiger partial charge in [0, 0.05) is 0 Å². The van der Waals surface area contributed by atoms with Crippen LogP contribution in [0.2, 0.25) is 0 Å². The van der Waals surface area contributed by atoms with E-state index in [4.69, 9.17) is 4.74 Å². The summed E-state index contributed by atoms with van der Waals surface area (Å²) in [5.74, 6) is -1.69. The molecule has 0 radical (unpaired) electrons. The van der Waals surface area contributed by atoms with Crippen LogP contribution in [0.15, 0.2) is 65.6 Å². The van der Waals surface area contributed by atoms with Crippen molar-refractivity contribution >= 4 is 32.7 Å². The summed E-state index contributed by atoms with van der Waals surface area (Å²) in [4.78, 5) is 24.6. The quantitative estimate of drug-likeness (QED) is 0.679. The third-order valence-electron chi connectivity index (χ3n) is 4.52. The highest BCUT2D eigenvalue weighted by atomic mass is 32.2. The van der Waals surface area contributed by atoms with Gasteiger partial charge < -0.3 is 9.84 Å². The molecule has 0 fully saturated rings. The molecule has 0 spiro atoms. The molecule has 0 saturated heterocycles. The number of hydrogen-bond acceptors (Lipinski definition) is 6. The van der Waals surface area contributed by atoms with Crippen molar-refractivity contribution < 1.29 is 27.9 Å². The standard InChI is InChI=1S/C20H15NO6S/c22-17-12-14-6-2-1-5-13(14)11-16(17)20(24)27-10-9-21-19(23)15-7-3-4-8-18(15)28(21,25)26/h1-8,11-12,22H,9-10H2. The lowest BCUT2D eigenvalue weighted by Gasteiger charge is -2.15. The Kier molecular flexibility index (Phi) is 4.27. The normalized spacial score (nSPS) is 14.9. The molecule has 1 aliphatic rings. The molecule has 8 heteroatoms. The van der Waals surface area contributed by atoms with Crippen molar-refractivity contribution in [3.8, 4) is 5.75 Å². The molecule has 0 saturated carbocycles. The molecule has 7 nitrogen and oxygen atoms in total. The number of sulfonamides is 1. The second-order valence-electron chi connectivity index (χ2n) is 6.23. The minimum Gasteiger partial charge on any atom is -0.507 e. The van der Waals surface area contributed by atoms with Gasteiger partial charge in [-0.3, -0.25) is 4.79 Å². The van der Waals surface area contributed by atoms with Crippen LogP contribution in [-0.4, -0.2) is 42.9 Å². The van der Waals surface area contributed by atoms with E-state index in [1.165, 1.54) is 30.3 Å². The zero-order valence-corrected chi connectivity index (χ0v) is 15.3. The van der Waals surface area contributed by atoms with Crippen molar-refractivity contribution in [3.05, 3.63) is 71.8 Å². The third kappa shape index (κ3) is 2.87. The number of carbonyl (C=O) groups is 2. The molecule has 0 bridgehead atoms. The number of amides is 1. The molecule has 0 unspecified atom stereocenters. The minimum absolute atomic E-state index is 0.0300. The summed E-state index contributed by atoms with van der Waals surface area (Å²) in [5.41, 5.74) is 0.0681. The molecule has 0 aromatic heterocycles. The average Bonchev–Trinajstić information content (AvgIpc) is 2.88. The van der Waals surface area contributed by atoms with E-state index in [0.717, 1.165) is 10.8 Å². The first-order valence-corrected chi connectivity index (χ1v) is 9.88. The largest absolute Gasteiger partial charge is 0.507 e. The van der Waals surface area contributed by atoms with Gasteiger partial charge in [0.2, 0.25) is 0 Å². The van der Waals surface area contributed by atoms with Crippen LogP contribution in [0.1, 0.15) is 20.7 Å². The molecule has 0 aliphatic carbocycles. The van der Waals surface area contributed by atoms with Crippen molar-refractivity contribution in [2.75, 3.05) is 13.2 Å². The van der Waals surface area contributed by atoms with Gasteiger partial charge in [-0.2, -0.15) is 0 Å². The second-order valence-corrected chi connectivity index (χ2v) is 8.06. The van der Waals surface area contributed by atoms with Gasteiger partial charge in [0.25, 0.3) is 15.9 Å². The molecule has 142 valence electrons. The summed E-state index contributed by atoms with van der Waals surface area (Å²) >= 11 is 0. The number of phenolic OH excluding ortho intramolecular Hbond substituents is 1. The van der Waals surface area contributed by atoms with Crippen LogP contribution in [0.25, 0.3) is 10.8 Å². The van der Waals surface area contributed by atoms with Crippen molar-refractivity contribution in [2.45, 2.75) is 4.90 Å². The molecule has 3 aromatic carbocycles. The van der Waals surface area contributed by atoms with E-state index < -0.39 is 21.9 Å². The van der Waals surface area contributed by atoms with E-state index in [1.807, 2.05) is 6.07 Å². The van der Waals surface area contributed by atoms with Crippen LogP contribution in [0.5, 0.6) is 5.75 Å². The Morgan fingerprint density at radius 1 is 1.00 bits per heavy atom. The molecule has 0 atom stereocenters. The smallest absolute Gasteiger partial charge is 0.341 e. The first kappa shape index (κ1) is 18.0. The van der Waals surface area contributed by atoms with Gasteiger partial charge in [-0.05, 0) is 35.0 Å². The zero-order valence-electron chi connectivity index (χ0n) is 14.5. The van der Waals surface area contributed by atoms with Crippen molar-refractivity contribution in [1.29, 1.82) is 0 Å². The van der Waals surface area contributed by atoms with Crippen LogP contribution >= 0.6 is 0 Å². The third-order valence-corrected chi connectivity index (χ3v) is 6.36. The van der Waals surface area contributed by atoms with Gasteiger partial charge >= 0.3 is 5.97 Å². The summed E-state index contributed by atoms with van der Waals surface area (Å²) in [6, 6.07) is 16.1. The molecule has 4 rings (SSSR count). The molecular formula is C20H15NO6S. The fourth-order valence-electron chi connectivity index (χ4n) is 3.14. The topological polar surface area (TPSA) is 101 Å². The average molecular weight is 397 g/mol. The molecule has 1 N–H and O–H groups in total. The lowest BCUT2D eigenvalue weighted by molar-refractivity contribution is 0.0475. The molecular weight excluding hydrogens is 382 g/mol. The van der Waals surface area contributed by atoms with E-state index in [1.54, 1.807) is 24.3 Å². The molecule has 3 aromatic rings. The fraction of sp³-hybridized carbons (Fsp3) is 0.100. The summed E-state index contributed by atoms with van der Waals surface area (Å²) in [5, 5.41) is 11.6. The Labute approximate surface area is 160 Å². The number of fused-ring (bicyclic) bond motifs is 2. The van der Waals surface area contributed by atoms with E-state index in [0.29, 0.717) is 4.31 Å². The highest BCUT2D eigenvalue weighted by molar-refractivity contribution is 7.90. The van der Waals surface area contributed by atoms with Crippen LogP contribution in [0.3, 0.4) is 0 Å². The number of hydrogen-bond donors (Lipinski definition) is 1. The zero-order chi connectivity index (χ0) is 19.9. The highest BCUT2D eigenvalue weighted by Crippen LogP contribution is 2.30. The van der Waals surface area contributed by atoms with E-state index in [9.17, 15) is 23.1 Å². The van der Waals surface area contributed by atoms with Crippen LogP contribution in [0.4, 0.5) is 0 Å². The van der Waals surface area contributed by atoms with Gasteiger partial charge in [0.05, 0.1) is 12.1 Å². The van der Waals surface area contributed by atoms with Crippen LogP contribution < -0.4 is 0 Å². The van der Waals surface area contributed by atoms with Crippen LogP contribution in [-0.2, 0) is 14.8 Å². The summed E-state index contributed by atoms with van der Waals surface area (Å²) in [7, 11) is -3.95. The van der Waals surface area contributed by atoms with Gasteiger partial charge in [0.1, 0.15) is 22.8 Å². The minimum atomic E-state index is -3.95. The summed E-state index contributed by atoms with van der Waals surface area (Å²) in [6.45, 7) is -0.639. The highest BCUT2D eigenvalue weighted by Gasteiger charge is 2.40. The molecule has 28 heavy (non-hydrogen) atoms. The van der Waals surface area contributed by atoms with Crippen molar-refractivity contribution in [2.24, 2.45) is 0 Å². The van der Waals surface area contributed by atoms with Crippen molar-refractivity contribution in [3.63, 3.8) is 0 Å². The summed E-state index contributed by atoms with van der Waals surface area (Å²) < 4.78 is 30.7. The predicted octanol–water partition coefficient (Wildman–Crippen LogP) is 2.55. The number of aromatic hydroxyl groups is 1. The van der Waals surface area contributed by atoms with Gasteiger partial charge in [-0.15, -0.1) is 0 Å². The second kappa shape index (κ2) is 6.65. The maximum absolute atomic E-state index is 12.5. The number of nitrogens with zero attached hydrogens (tertiary/aromatic N) is 1. The first-order chi connectivity index (χ1) is 13.4. The SMILES string of the molecule is O=C(OCCN1C(=O)c2ccccc2S1(=O)=O)c1cc2ccccc2cc1O. The number of carbonyl (C=O) groups excluding carboxylic acids is 2. The monoisotopic (exact) mass is 397 g/mol. The first-order valence-electron chi connectivity index (χ1n) is 8.44. The predicted molar refractivity (Wildman–Crippen MR) is 101 cm³/mol. The number of benzene rings is 3. The Bertz CT molecular complexity index is 1220. The molecule has 1 aliphatic heterocycles. The van der Waals surface area contributed by atoms with Gasteiger partial charge in [-0.1, -0.05) is 36.4 Å². The fourth-order valence-corrected chi connectivity index (χ4v) is 4.70. The number of rotatable bonds is 4. The van der Waals surface area contributed by atoms with Gasteiger partial charge in [-0.25, -0.2) is 17.5 Å². The molecule has 1 heterocycles. The van der Waals surface area contributed by atoms with Crippen LogP contribution in [0, 0.1) is 0 Å². The number of phenols is 1. The maximum atomic E-state index is 12.5. The van der Waals surface area contributed by atoms with Gasteiger partial charge in [0.15, 0.2) is 0 Å². The van der Waals surface area contributed by atoms with E-state index in [2.05, 4.69) is 0 Å². The number of ether oxygens (including phenoxy) is 1. The van der Waals surface area contributed by atoms with E-state index >= 15 is 0 Å². The lowest BCUT2D eigenvalue weighted by atomic mass is 10.1. The Balaban J connectivity index is 1.48.